The van der Waals surface area contributed by atoms with Crippen molar-refractivity contribution in [2.45, 2.75) is 26.6 Å². The van der Waals surface area contributed by atoms with E-state index in [-0.39, 0.29) is 6.61 Å². The Bertz CT molecular complexity index is 690. The summed E-state index contributed by atoms with van der Waals surface area (Å²) in [5.74, 6) is 0.816. The van der Waals surface area contributed by atoms with Crippen molar-refractivity contribution >= 4 is 21.9 Å². The second-order valence-electron chi connectivity index (χ2n) is 4.94. The Morgan fingerprint density at radius 3 is 2.74 bits per heavy atom. The minimum absolute atomic E-state index is 0.0700. The Labute approximate surface area is 143 Å². The standard InChI is InChI=1S/C17H18BrNO4/c1-11-8-14(21-3)9-13(19-11)10-22-17(20)12(2)23-16-7-5-4-6-15(16)18/h4-9,12H,10H2,1-3H3/t12-/m1/s1. The highest BCUT2D eigenvalue weighted by Gasteiger charge is 2.18. The van der Waals surface area contributed by atoms with Crippen molar-refractivity contribution < 1.29 is 19.0 Å². The minimum Gasteiger partial charge on any atom is -0.497 e. The number of methoxy groups -OCH3 is 1. The van der Waals surface area contributed by atoms with Crippen molar-refractivity contribution in [2.24, 2.45) is 0 Å². The van der Waals surface area contributed by atoms with Gasteiger partial charge in [-0.05, 0) is 41.9 Å². The van der Waals surface area contributed by atoms with E-state index in [2.05, 4.69) is 20.9 Å². The van der Waals surface area contributed by atoms with E-state index in [4.69, 9.17) is 14.2 Å². The molecular formula is C17H18BrNO4. The fourth-order valence-electron chi connectivity index (χ4n) is 1.94. The second-order valence-corrected chi connectivity index (χ2v) is 5.79. The maximum atomic E-state index is 12.0. The molecule has 0 radical (unpaired) electrons. The molecule has 0 amide bonds. The number of ether oxygens (including phenoxy) is 3. The molecule has 0 aliphatic heterocycles. The maximum absolute atomic E-state index is 12.0. The molecule has 1 atom stereocenters. The third-order valence-corrected chi connectivity index (χ3v) is 3.71. The van der Waals surface area contributed by atoms with Crippen molar-refractivity contribution in [3.8, 4) is 11.5 Å². The SMILES string of the molecule is COc1cc(C)nc(COC(=O)[C@@H](C)Oc2ccccc2Br)c1. The molecule has 23 heavy (non-hydrogen) atoms. The predicted octanol–water partition coefficient (Wildman–Crippen LogP) is 3.67. The summed E-state index contributed by atoms with van der Waals surface area (Å²) in [7, 11) is 1.58. The molecule has 0 unspecified atom stereocenters. The molecule has 1 heterocycles. The van der Waals surface area contributed by atoms with Gasteiger partial charge in [0.15, 0.2) is 6.10 Å². The number of hydrogen-bond donors (Lipinski definition) is 0. The first kappa shape index (κ1) is 17.3. The number of aromatic nitrogens is 1. The monoisotopic (exact) mass is 379 g/mol. The van der Waals surface area contributed by atoms with Crippen LogP contribution in [-0.4, -0.2) is 24.2 Å². The van der Waals surface area contributed by atoms with E-state index in [0.717, 1.165) is 10.2 Å². The van der Waals surface area contributed by atoms with Gasteiger partial charge >= 0.3 is 5.97 Å². The highest BCUT2D eigenvalue weighted by Crippen LogP contribution is 2.25. The summed E-state index contributed by atoms with van der Waals surface area (Å²) in [6, 6.07) is 10.9. The van der Waals surface area contributed by atoms with Crippen molar-refractivity contribution in [1.82, 2.24) is 4.98 Å². The van der Waals surface area contributed by atoms with Gasteiger partial charge in [0.05, 0.1) is 17.3 Å². The number of rotatable bonds is 6. The van der Waals surface area contributed by atoms with Crippen LogP contribution in [0.4, 0.5) is 0 Å². The fraction of sp³-hybridized carbons (Fsp3) is 0.294. The zero-order valence-electron chi connectivity index (χ0n) is 13.2. The molecule has 1 aromatic heterocycles. The summed E-state index contributed by atoms with van der Waals surface area (Å²) in [4.78, 5) is 16.4. The Hall–Kier alpha value is -2.08. The molecule has 0 saturated heterocycles. The summed E-state index contributed by atoms with van der Waals surface area (Å²) in [6.45, 7) is 3.57. The zero-order valence-corrected chi connectivity index (χ0v) is 14.8. The number of aryl methyl sites for hydroxylation is 1. The van der Waals surface area contributed by atoms with Crippen molar-refractivity contribution in [1.29, 1.82) is 0 Å². The van der Waals surface area contributed by atoms with Gasteiger partial charge in [-0.2, -0.15) is 0 Å². The van der Waals surface area contributed by atoms with Crippen molar-refractivity contribution in [3.63, 3.8) is 0 Å². The molecule has 0 saturated carbocycles. The highest BCUT2D eigenvalue weighted by atomic mass is 79.9. The van der Waals surface area contributed by atoms with Crippen LogP contribution in [0.25, 0.3) is 0 Å². The lowest BCUT2D eigenvalue weighted by atomic mass is 10.3. The van der Waals surface area contributed by atoms with E-state index in [1.807, 2.05) is 31.2 Å². The highest BCUT2D eigenvalue weighted by molar-refractivity contribution is 9.10. The number of esters is 1. The molecule has 122 valence electrons. The van der Waals surface area contributed by atoms with Gasteiger partial charge < -0.3 is 14.2 Å². The van der Waals surface area contributed by atoms with E-state index in [9.17, 15) is 4.79 Å². The van der Waals surface area contributed by atoms with Gasteiger partial charge in [0, 0.05) is 17.8 Å². The van der Waals surface area contributed by atoms with Crippen molar-refractivity contribution in [3.05, 3.63) is 52.3 Å². The van der Waals surface area contributed by atoms with Crippen LogP contribution in [0, 0.1) is 6.92 Å². The van der Waals surface area contributed by atoms with E-state index in [0.29, 0.717) is 17.2 Å². The summed E-state index contributed by atoms with van der Waals surface area (Å²) in [5.41, 5.74) is 1.43. The Balaban J connectivity index is 1.94. The molecule has 0 bridgehead atoms. The average Bonchev–Trinajstić information content (AvgIpc) is 2.54. The topological polar surface area (TPSA) is 57.7 Å². The number of para-hydroxylation sites is 1. The number of carbonyl (C=O) groups excluding carboxylic acids is 1. The van der Waals surface area contributed by atoms with Gasteiger partial charge in [0.25, 0.3) is 0 Å². The van der Waals surface area contributed by atoms with Crippen LogP contribution in [0.5, 0.6) is 11.5 Å². The first-order chi connectivity index (χ1) is 11.0. The molecule has 0 N–H and O–H groups in total. The first-order valence-corrected chi connectivity index (χ1v) is 7.88. The number of hydrogen-bond acceptors (Lipinski definition) is 5. The van der Waals surface area contributed by atoms with E-state index in [1.165, 1.54) is 0 Å². The smallest absolute Gasteiger partial charge is 0.347 e. The number of pyridine rings is 1. The van der Waals surface area contributed by atoms with Gasteiger partial charge in [-0.25, -0.2) is 4.79 Å². The van der Waals surface area contributed by atoms with Crippen LogP contribution < -0.4 is 9.47 Å². The average molecular weight is 380 g/mol. The van der Waals surface area contributed by atoms with E-state index < -0.39 is 12.1 Å². The van der Waals surface area contributed by atoms with E-state index in [1.54, 1.807) is 26.2 Å². The summed E-state index contributed by atoms with van der Waals surface area (Å²) in [5, 5.41) is 0. The lowest BCUT2D eigenvalue weighted by Crippen LogP contribution is -2.26. The van der Waals surface area contributed by atoms with Gasteiger partial charge in [0.1, 0.15) is 18.1 Å². The fourth-order valence-corrected chi connectivity index (χ4v) is 2.31. The van der Waals surface area contributed by atoms with Crippen LogP contribution >= 0.6 is 15.9 Å². The molecule has 0 spiro atoms. The molecule has 6 heteroatoms. The van der Waals surface area contributed by atoms with Gasteiger partial charge in [-0.3, -0.25) is 4.98 Å². The van der Waals surface area contributed by atoms with Crippen molar-refractivity contribution in [2.75, 3.05) is 7.11 Å². The summed E-state index contributed by atoms with van der Waals surface area (Å²) in [6.07, 6.45) is -0.722. The number of benzene rings is 1. The Kier molecular flexibility index (Phi) is 5.98. The molecule has 2 rings (SSSR count). The van der Waals surface area contributed by atoms with Gasteiger partial charge in [-0.1, -0.05) is 12.1 Å². The number of halogens is 1. The van der Waals surface area contributed by atoms with Gasteiger partial charge in [0.2, 0.25) is 0 Å². The summed E-state index contributed by atoms with van der Waals surface area (Å²) < 4.78 is 16.8. The van der Waals surface area contributed by atoms with Crippen LogP contribution in [0.15, 0.2) is 40.9 Å². The molecular weight excluding hydrogens is 362 g/mol. The summed E-state index contributed by atoms with van der Waals surface area (Å²) >= 11 is 3.37. The third-order valence-electron chi connectivity index (χ3n) is 3.05. The zero-order chi connectivity index (χ0) is 16.8. The largest absolute Gasteiger partial charge is 0.497 e. The molecule has 1 aromatic carbocycles. The second kappa shape index (κ2) is 7.97. The minimum atomic E-state index is -0.722. The molecule has 5 nitrogen and oxygen atoms in total. The normalized spacial score (nSPS) is 11.7. The molecule has 0 fully saturated rings. The molecule has 0 aliphatic rings. The van der Waals surface area contributed by atoms with Crippen LogP contribution in [0.3, 0.4) is 0 Å². The molecule has 2 aromatic rings. The Morgan fingerprint density at radius 1 is 1.30 bits per heavy atom. The lowest BCUT2D eigenvalue weighted by molar-refractivity contribution is -0.152. The third kappa shape index (κ3) is 4.96. The quantitative estimate of drug-likeness (QED) is 0.716. The maximum Gasteiger partial charge on any atom is 0.347 e. The number of carbonyl (C=O) groups is 1. The van der Waals surface area contributed by atoms with Crippen LogP contribution in [0.1, 0.15) is 18.3 Å². The predicted molar refractivity (Wildman–Crippen MR) is 89.6 cm³/mol. The first-order valence-electron chi connectivity index (χ1n) is 7.09. The Morgan fingerprint density at radius 2 is 2.04 bits per heavy atom. The van der Waals surface area contributed by atoms with Gasteiger partial charge in [-0.15, -0.1) is 0 Å². The lowest BCUT2D eigenvalue weighted by Gasteiger charge is -2.15. The van der Waals surface area contributed by atoms with Crippen LogP contribution in [-0.2, 0) is 16.1 Å². The van der Waals surface area contributed by atoms with Crippen LogP contribution in [0.2, 0.25) is 0 Å². The number of nitrogens with zero attached hydrogens (tertiary/aromatic N) is 1. The van der Waals surface area contributed by atoms with E-state index >= 15 is 0 Å². The molecule has 0 aliphatic carbocycles.